The zero-order chi connectivity index (χ0) is 11.3. The van der Waals surface area contributed by atoms with Crippen molar-refractivity contribution in [2.75, 3.05) is 26.3 Å². The summed E-state index contributed by atoms with van der Waals surface area (Å²) >= 11 is 0. The van der Waals surface area contributed by atoms with E-state index < -0.39 is 0 Å². The number of hydrogen-bond acceptors (Lipinski definition) is 2. The molecule has 0 atom stereocenters. The SMILES string of the molecule is CCCCOCCC1(C2CCCC2)CNC1. The maximum absolute atomic E-state index is 5.74. The fourth-order valence-electron chi connectivity index (χ4n) is 3.28. The Kier molecular flexibility index (Phi) is 4.66. The molecule has 1 N–H and O–H groups in total. The maximum Gasteiger partial charge on any atom is 0.0472 e. The third-order valence-corrected chi connectivity index (χ3v) is 4.56. The largest absolute Gasteiger partial charge is 0.381 e. The van der Waals surface area contributed by atoms with E-state index in [0.29, 0.717) is 5.41 Å². The Morgan fingerprint density at radius 3 is 2.50 bits per heavy atom. The molecule has 94 valence electrons. The molecule has 0 aromatic heterocycles. The Hall–Kier alpha value is -0.0800. The topological polar surface area (TPSA) is 21.3 Å². The molecule has 2 nitrogen and oxygen atoms in total. The van der Waals surface area contributed by atoms with Gasteiger partial charge in [-0.2, -0.15) is 0 Å². The van der Waals surface area contributed by atoms with E-state index in [1.807, 2.05) is 0 Å². The third-order valence-electron chi connectivity index (χ3n) is 4.56. The average Bonchev–Trinajstić information content (AvgIpc) is 2.74. The molecule has 0 bridgehead atoms. The third kappa shape index (κ3) is 2.78. The molecule has 2 aliphatic rings. The highest BCUT2D eigenvalue weighted by Crippen LogP contribution is 2.44. The molecule has 1 aliphatic heterocycles. The first kappa shape index (κ1) is 12.4. The zero-order valence-electron chi connectivity index (χ0n) is 10.8. The summed E-state index contributed by atoms with van der Waals surface area (Å²) < 4.78 is 5.74. The van der Waals surface area contributed by atoms with Gasteiger partial charge in [-0.25, -0.2) is 0 Å². The van der Waals surface area contributed by atoms with Gasteiger partial charge in [0.2, 0.25) is 0 Å². The van der Waals surface area contributed by atoms with E-state index >= 15 is 0 Å². The van der Waals surface area contributed by atoms with Crippen molar-refractivity contribution in [1.29, 1.82) is 0 Å². The summed E-state index contributed by atoms with van der Waals surface area (Å²) in [6.07, 6.45) is 9.61. The highest BCUT2D eigenvalue weighted by atomic mass is 16.5. The Balaban J connectivity index is 1.68. The van der Waals surface area contributed by atoms with Crippen LogP contribution in [0.1, 0.15) is 51.9 Å². The van der Waals surface area contributed by atoms with E-state index in [9.17, 15) is 0 Å². The molecule has 0 unspecified atom stereocenters. The smallest absolute Gasteiger partial charge is 0.0472 e. The first-order chi connectivity index (χ1) is 7.87. The lowest BCUT2D eigenvalue weighted by atomic mass is 9.68. The molecule has 1 aliphatic carbocycles. The molecule has 1 saturated carbocycles. The van der Waals surface area contributed by atoms with Crippen molar-refractivity contribution < 1.29 is 4.74 Å². The van der Waals surface area contributed by atoms with Gasteiger partial charge in [0.05, 0.1) is 0 Å². The van der Waals surface area contributed by atoms with Crippen molar-refractivity contribution in [3.05, 3.63) is 0 Å². The molecule has 2 heteroatoms. The van der Waals surface area contributed by atoms with Crippen molar-refractivity contribution in [3.8, 4) is 0 Å². The van der Waals surface area contributed by atoms with Crippen molar-refractivity contribution in [2.45, 2.75) is 51.9 Å². The van der Waals surface area contributed by atoms with E-state index in [4.69, 9.17) is 4.74 Å². The van der Waals surface area contributed by atoms with Gasteiger partial charge in [0, 0.05) is 31.7 Å². The number of hydrogen-bond donors (Lipinski definition) is 1. The van der Waals surface area contributed by atoms with Gasteiger partial charge >= 0.3 is 0 Å². The van der Waals surface area contributed by atoms with Crippen molar-refractivity contribution >= 4 is 0 Å². The zero-order valence-corrected chi connectivity index (χ0v) is 10.8. The molecule has 1 saturated heterocycles. The van der Waals surface area contributed by atoms with Gasteiger partial charge in [-0.3, -0.25) is 0 Å². The molecule has 2 fully saturated rings. The number of ether oxygens (including phenoxy) is 1. The van der Waals surface area contributed by atoms with Gasteiger partial charge in [0.15, 0.2) is 0 Å². The number of rotatable bonds is 7. The van der Waals surface area contributed by atoms with Crippen LogP contribution in [0.25, 0.3) is 0 Å². The van der Waals surface area contributed by atoms with E-state index in [1.165, 1.54) is 58.0 Å². The van der Waals surface area contributed by atoms with Crippen LogP contribution in [0.2, 0.25) is 0 Å². The van der Waals surface area contributed by atoms with Crippen LogP contribution >= 0.6 is 0 Å². The summed E-state index contributed by atoms with van der Waals surface area (Å²) in [4.78, 5) is 0. The Morgan fingerprint density at radius 1 is 1.19 bits per heavy atom. The van der Waals surface area contributed by atoms with E-state index in [1.54, 1.807) is 0 Å². The highest BCUT2D eigenvalue weighted by molar-refractivity contribution is 4.98. The number of nitrogens with one attached hydrogen (secondary N) is 1. The van der Waals surface area contributed by atoms with E-state index in [2.05, 4.69) is 12.2 Å². The number of unbranched alkanes of at least 4 members (excludes halogenated alkanes) is 1. The Morgan fingerprint density at radius 2 is 1.94 bits per heavy atom. The highest BCUT2D eigenvalue weighted by Gasteiger charge is 2.44. The lowest BCUT2D eigenvalue weighted by molar-refractivity contribution is 0.0230. The summed E-state index contributed by atoms with van der Waals surface area (Å²) in [7, 11) is 0. The summed E-state index contributed by atoms with van der Waals surface area (Å²) in [6, 6.07) is 0. The van der Waals surface area contributed by atoms with Gasteiger partial charge in [0.25, 0.3) is 0 Å². The standard InChI is InChI=1S/C14H27NO/c1-2-3-9-16-10-8-14(11-15-12-14)13-6-4-5-7-13/h13,15H,2-12H2,1H3. The lowest BCUT2D eigenvalue weighted by Crippen LogP contribution is -2.57. The van der Waals surface area contributed by atoms with Crippen molar-refractivity contribution in [2.24, 2.45) is 11.3 Å². The Bertz CT molecular complexity index is 195. The molecule has 0 amide bonds. The van der Waals surface area contributed by atoms with Crippen LogP contribution in [0.4, 0.5) is 0 Å². The Labute approximate surface area is 100 Å². The summed E-state index contributed by atoms with van der Waals surface area (Å²) in [5, 5.41) is 3.48. The maximum atomic E-state index is 5.74. The molecule has 16 heavy (non-hydrogen) atoms. The second-order valence-corrected chi connectivity index (χ2v) is 5.66. The molecular weight excluding hydrogens is 198 g/mol. The summed E-state index contributed by atoms with van der Waals surface area (Å²) in [6.45, 7) is 6.66. The molecule has 2 rings (SSSR count). The molecular formula is C14H27NO. The molecule has 1 heterocycles. The molecule has 0 radical (unpaired) electrons. The van der Waals surface area contributed by atoms with Gasteiger partial charge < -0.3 is 10.1 Å². The van der Waals surface area contributed by atoms with Crippen LogP contribution in [-0.2, 0) is 4.74 Å². The molecule has 0 aromatic rings. The van der Waals surface area contributed by atoms with Crippen LogP contribution < -0.4 is 5.32 Å². The monoisotopic (exact) mass is 225 g/mol. The van der Waals surface area contributed by atoms with Crippen LogP contribution in [0.15, 0.2) is 0 Å². The minimum atomic E-state index is 0.614. The minimum Gasteiger partial charge on any atom is -0.381 e. The average molecular weight is 225 g/mol. The van der Waals surface area contributed by atoms with Crippen molar-refractivity contribution in [1.82, 2.24) is 5.32 Å². The van der Waals surface area contributed by atoms with Crippen LogP contribution in [0.3, 0.4) is 0 Å². The van der Waals surface area contributed by atoms with E-state index in [-0.39, 0.29) is 0 Å². The summed E-state index contributed by atoms with van der Waals surface area (Å²) in [5.41, 5.74) is 0.614. The van der Waals surface area contributed by atoms with Gasteiger partial charge in [-0.1, -0.05) is 26.2 Å². The van der Waals surface area contributed by atoms with Gasteiger partial charge in [-0.15, -0.1) is 0 Å². The van der Waals surface area contributed by atoms with Crippen LogP contribution in [-0.4, -0.2) is 26.3 Å². The quantitative estimate of drug-likeness (QED) is 0.673. The second-order valence-electron chi connectivity index (χ2n) is 5.66. The minimum absolute atomic E-state index is 0.614. The van der Waals surface area contributed by atoms with E-state index in [0.717, 1.165) is 19.1 Å². The first-order valence-corrected chi connectivity index (χ1v) is 7.16. The summed E-state index contributed by atoms with van der Waals surface area (Å²) in [5.74, 6) is 0.989. The predicted octanol–water partition coefficient (Wildman–Crippen LogP) is 2.97. The lowest BCUT2D eigenvalue weighted by Gasteiger charge is -2.47. The predicted molar refractivity (Wildman–Crippen MR) is 67.6 cm³/mol. The first-order valence-electron chi connectivity index (χ1n) is 7.16. The normalized spacial score (nSPS) is 24.6. The van der Waals surface area contributed by atoms with Gasteiger partial charge in [-0.05, 0) is 31.6 Å². The fourth-order valence-corrected chi connectivity index (χ4v) is 3.28. The van der Waals surface area contributed by atoms with Gasteiger partial charge in [0.1, 0.15) is 0 Å². The molecule has 0 spiro atoms. The van der Waals surface area contributed by atoms with Crippen LogP contribution in [0, 0.1) is 11.3 Å². The second kappa shape index (κ2) is 6.02. The fraction of sp³-hybridized carbons (Fsp3) is 1.00. The van der Waals surface area contributed by atoms with Crippen LogP contribution in [0.5, 0.6) is 0 Å². The van der Waals surface area contributed by atoms with Crippen molar-refractivity contribution in [3.63, 3.8) is 0 Å². The molecule has 0 aromatic carbocycles.